The van der Waals surface area contributed by atoms with E-state index in [-0.39, 0.29) is 32.3 Å². The first-order chi connectivity index (χ1) is 15.9. The summed E-state index contributed by atoms with van der Waals surface area (Å²) in [7, 11) is 1.36. The van der Waals surface area contributed by atoms with E-state index >= 15 is 0 Å². The van der Waals surface area contributed by atoms with Crippen molar-refractivity contribution in [2.75, 3.05) is 33.5 Å². The Bertz CT molecular complexity index is 949. The quantitative estimate of drug-likeness (QED) is 0.443. The second-order valence-electron chi connectivity index (χ2n) is 7.63. The zero-order chi connectivity index (χ0) is 23.8. The van der Waals surface area contributed by atoms with E-state index in [9.17, 15) is 14.4 Å². The molecule has 3 rings (SSSR count). The minimum Gasteiger partial charge on any atom is -0.480 e. The number of benzene rings is 2. The van der Waals surface area contributed by atoms with Crippen molar-refractivity contribution in [1.82, 2.24) is 10.6 Å². The SMILES string of the molecule is CO[C@H](C)[C@H](NC(=O)COCCNC(=O)OCC1c2ccccc2-c2ccccc21)C(=O)O. The van der Waals surface area contributed by atoms with Crippen LogP contribution in [-0.4, -0.2) is 68.7 Å². The first kappa shape index (κ1) is 24.2. The Morgan fingerprint density at radius 3 is 2.21 bits per heavy atom. The van der Waals surface area contributed by atoms with Gasteiger partial charge < -0.3 is 30.0 Å². The number of fused-ring (bicyclic) bond motifs is 3. The molecular weight excluding hydrogens is 428 g/mol. The number of methoxy groups -OCH3 is 1. The summed E-state index contributed by atoms with van der Waals surface area (Å²) in [5.41, 5.74) is 4.56. The van der Waals surface area contributed by atoms with E-state index in [1.807, 2.05) is 36.4 Å². The fourth-order valence-electron chi connectivity index (χ4n) is 3.77. The number of carbonyl (C=O) groups is 3. The fourth-order valence-corrected chi connectivity index (χ4v) is 3.77. The van der Waals surface area contributed by atoms with Crippen LogP contribution in [-0.2, 0) is 23.8 Å². The van der Waals surface area contributed by atoms with Crippen LogP contribution in [0.2, 0.25) is 0 Å². The van der Waals surface area contributed by atoms with Crippen molar-refractivity contribution in [3.63, 3.8) is 0 Å². The van der Waals surface area contributed by atoms with E-state index in [1.54, 1.807) is 0 Å². The van der Waals surface area contributed by atoms with Crippen molar-refractivity contribution in [2.45, 2.75) is 25.0 Å². The van der Waals surface area contributed by atoms with Crippen LogP contribution in [0.4, 0.5) is 4.79 Å². The van der Waals surface area contributed by atoms with Crippen molar-refractivity contribution in [2.24, 2.45) is 0 Å². The van der Waals surface area contributed by atoms with Crippen molar-refractivity contribution in [1.29, 1.82) is 0 Å². The largest absolute Gasteiger partial charge is 0.480 e. The van der Waals surface area contributed by atoms with Crippen LogP contribution in [0.25, 0.3) is 11.1 Å². The summed E-state index contributed by atoms with van der Waals surface area (Å²) in [6, 6.07) is 15.0. The van der Waals surface area contributed by atoms with E-state index in [1.165, 1.54) is 14.0 Å². The summed E-state index contributed by atoms with van der Waals surface area (Å²) < 4.78 is 15.6. The van der Waals surface area contributed by atoms with E-state index in [0.29, 0.717) is 0 Å². The predicted octanol–water partition coefficient (Wildman–Crippen LogP) is 2.15. The van der Waals surface area contributed by atoms with Gasteiger partial charge in [-0.1, -0.05) is 48.5 Å². The Hall–Kier alpha value is -3.43. The second-order valence-corrected chi connectivity index (χ2v) is 7.63. The minimum absolute atomic E-state index is 0.0280. The monoisotopic (exact) mass is 456 g/mol. The number of ether oxygens (including phenoxy) is 3. The lowest BCUT2D eigenvalue weighted by atomic mass is 9.98. The molecule has 1 aliphatic rings. The summed E-state index contributed by atoms with van der Waals surface area (Å²) in [4.78, 5) is 35.1. The fraction of sp³-hybridized carbons (Fsp3) is 0.375. The van der Waals surface area contributed by atoms with Crippen LogP contribution in [0.1, 0.15) is 24.0 Å². The number of alkyl carbamates (subject to hydrolysis) is 1. The van der Waals surface area contributed by atoms with Gasteiger partial charge in [-0.2, -0.15) is 0 Å². The summed E-state index contributed by atoms with van der Waals surface area (Å²) >= 11 is 0. The third kappa shape index (κ3) is 6.09. The number of hydrogen-bond acceptors (Lipinski definition) is 6. The predicted molar refractivity (Wildman–Crippen MR) is 120 cm³/mol. The molecule has 0 heterocycles. The normalized spacial score (nSPS) is 14.0. The first-order valence-electron chi connectivity index (χ1n) is 10.6. The third-order valence-corrected chi connectivity index (χ3v) is 5.52. The number of carboxylic acids is 1. The first-order valence-corrected chi connectivity index (χ1v) is 10.6. The van der Waals surface area contributed by atoms with Crippen LogP contribution in [0.15, 0.2) is 48.5 Å². The molecule has 1 aliphatic carbocycles. The van der Waals surface area contributed by atoms with Gasteiger partial charge in [0.1, 0.15) is 13.2 Å². The highest BCUT2D eigenvalue weighted by molar-refractivity contribution is 5.84. The smallest absolute Gasteiger partial charge is 0.407 e. The molecule has 0 saturated carbocycles. The van der Waals surface area contributed by atoms with Crippen molar-refractivity contribution >= 4 is 18.0 Å². The number of carbonyl (C=O) groups excluding carboxylic acids is 2. The Morgan fingerprint density at radius 2 is 1.64 bits per heavy atom. The zero-order valence-corrected chi connectivity index (χ0v) is 18.6. The molecule has 3 N–H and O–H groups in total. The van der Waals surface area contributed by atoms with Crippen LogP contribution in [0.5, 0.6) is 0 Å². The number of aliphatic carboxylic acids is 1. The van der Waals surface area contributed by atoms with E-state index in [4.69, 9.17) is 19.3 Å². The number of hydrogen-bond donors (Lipinski definition) is 3. The molecule has 2 aromatic carbocycles. The van der Waals surface area contributed by atoms with Crippen molar-refractivity contribution in [3.8, 4) is 11.1 Å². The molecule has 9 nitrogen and oxygen atoms in total. The maximum Gasteiger partial charge on any atom is 0.407 e. The lowest BCUT2D eigenvalue weighted by molar-refractivity contribution is -0.146. The molecule has 2 amide bonds. The molecule has 0 aliphatic heterocycles. The van der Waals surface area contributed by atoms with Crippen molar-refractivity contribution in [3.05, 3.63) is 59.7 Å². The van der Waals surface area contributed by atoms with Gasteiger partial charge in [-0.15, -0.1) is 0 Å². The number of rotatable bonds is 11. The summed E-state index contributed by atoms with van der Waals surface area (Å²) in [6.45, 7) is 1.61. The highest BCUT2D eigenvalue weighted by Crippen LogP contribution is 2.44. The van der Waals surface area contributed by atoms with Gasteiger partial charge in [0, 0.05) is 19.6 Å². The van der Waals surface area contributed by atoms with E-state index < -0.39 is 30.1 Å². The van der Waals surface area contributed by atoms with Gasteiger partial charge in [-0.3, -0.25) is 4.79 Å². The van der Waals surface area contributed by atoms with Gasteiger partial charge in [0.15, 0.2) is 6.04 Å². The maximum absolute atomic E-state index is 12.1. The average Bonchev–Trinajstić information content (AvgIpc) is 3.14. The third-order valence-electron chi connectivity index (χ3n) is 5.52. The molecule has 2 aromatic rings. The molecule has 33 heavy (non-hydrogen) atoms. The van der Waals surface area contributed by atoms with E-state index in [2.05, 4.69) is 22.8 Å². The summed E-state index contributed by atoms with van der Waals surface area (Å²) in [5, 5.41) is 14.1. The van der Waals surface area contributed by atoms with Gasteiger partial charge in [-0.05, 0) is 29.2 Å². The Morgan fingerprint density at radius 1 is 1.03 bits per heavy atom. The highest BCUT2D eigenvalue weighted by Gasteiger charge is 2.29. The summed E-state index contributed by atoms with van der Waals surface area (Å²) in [5.74, 6) is -1.82. The lowest BCUT2D eigenvalue weighted by Gasteiger charge is -2.20. The van der Waals surface area contributed by atoms with Crippen LogP contribution < -0.4 is 10.6 Å². The lowest BCUT2D eigenvalue weighted by Crippen LogP contribution is -2.49. The number of amides is 2. The molecule has 0 spiro atoms. The molecule has 0 fully saturated rings. The number of carboxylic acid groups (broad SMARTS) is 1. The van der Waals surface area contributed by atoms with Crippen LogP contribution in [0.3, 0.4) is 0 Å². The van der Waals surface area contributed by atoms with Gasteiger partial charge in [0.25, 0.3) is 0 Å². The zero-order valence-electron chi connectivity index (χ0n) is 18.6. The molecule has 0 radical (unpaired) electrons. The molecule has 176 valence electrons. The molecule has 0 aromatic heterocycles. The Labute approximate surface area is 192 Å². The Kier molecular flexibility index (Phi) is 8.39. The van der Waals surface area contributed by atoms with Gasteiger partial charge in [0.05, 0.1) is 12.7 Å². The molecule has 0 saturated heterocycles. The average molecular weight is 456 g/mol. The second kappa shape index (κ2) is 11.4. The number of nitrogens with one attached hydrogen (secondary N) is 2. The molecule has 0 bridgehead atoms. The molecule has 9 heteroatoms. The molecule has 0 unspecified atom stereocenters. The minimum atomic E-state index is -1.20. The van der Waals surface area contributed by atoms with Crippen LogP contribution >= 0.6 is 0 Å². The van der Waals surface area contributed by atoms with Crippen molar-refractivity contribution < 1.29 is 33.7 Å². The highest BCUT2D eigenvalue weighted by atomic mass is 16.5. The Balaban J connectivity index is 1.38. The van der Waals surface area contributed by atoms with Gasteiger partial charge >= 0.3 is 12.1 Å². The van der Waals surface area contributed by atoms with Gasteiger partial charge in [0.2, 0.25) is 5.91 Å². The summed E-state index contributed by atoms with van der Waals surface area (Å²) in [6.07, 6.45) is -1.27. The molecule has 2 atom stereocenters. The maximum atomic E-state index is 12.1. The molecular formula is C24H28N2O7. The van der Waals surface area contributed by atoms with Crippen LogP contribution in [0, 0.1) is 0 Å². The van der Waals surface area contributed by atoms with E-state index in [0.717, 1.165) is 22.3 Å². The van der Waals surface area contributed by atoms with Gasteiger partial charge in [-0.25, -0.2) is 9.59 Å². The topological polar surface area (TPSA) is 123 Å². The standard InChI is InChI=1S/C24H28N2O7/c1-15(31-2)22(23(28)29)26-21(27)14-32-12-11-25-24(30)33-13-20-18-9-5-3-7-16(18)17-8-4-6-10-19(17)20/h3-10,15,20,22H,11-14H2,1-2H3,(H,25,30)(H,26,27)(H,28,29)/t15-,22+/m1/s1.